The van der Waals surface area contributed by atoms with E-state index in [0.717, 1.165) is 5.56 Å². The first-order valence-corrected chi connectivity index (χ1v) is 9.55. The summed E-state index contributed by atoms with van der Waals surface area (Å²) in [6, 6.07) is 6.81. The highest BCUT2D eigenvalue weighted by Crippen LogP contribution is 2.49. The van der Waals surface area contributed by atoms with Crippen LogP contribution < -0.4 is 14.4 Å². The molecule has 3 aromatic rings. The summed E-state index contributed by atoms with van der Waals surface area (Å²) in [4.78, 5) is 32.5. The van der Waals surface area contributed by atoms with Crippen molar-refractivity contribution in [1.29, 1.82) is 0 Å². The van der Waals surface area contributed by atoms with Crippen LogP contribution >= 0.6 is 0 Å². The Morgan fingerprint density at radius 2 is 1.57 bits per heavy atom. The minimum atomic E-state index is -0.269. The zero-order valence-corrected chi connectivity index (χ0v) is 17.6. The first-order valence-electron chi connectivity index (χ1n) is 9.55. The van der Waals surface area contributed by atoms with Gasteiger partial charge in [-0.1, -0.05) is 20.8 Å². The van der Waals surface area contributed by atoms with Gasteiger partial charge in [0.2, 0.25) is 0 Å². The normalized spacial score (nSPS) is 15.8. The van der Waals surface area contributed by atoms with Gasteiger partial charge in [0.15, 0.2) is 23.1 Å². The molecule has 0 aliphatic carbocycles. The molecule has 154 valence electrons. The number of carbonyl (C=O) groups is 1. The van der Waals surface area contributed by atoms with Crippen LogP contribution in [0.3, 0.4) is 0 Å². The SMILES string of the molecule is COc1cc2c(cc1OC)C(C(C)(C)C)N(c1ccnc(-c3ncccn3)n1)C2=O. The van der Waals surface area contributed by atoms with E-state index in [0.29, 0.717) is 34.5 Å². The van der Waals surface area contributed by atoms with Crippen LogP contribution in [0, 0.1) is 5.41 Å². The van der Waals surface area contributed by atoms with Crippen LogP contribution in [-0.4, -0.2) is 40.1 Å². The van der Waals surface area contributed by atoms with Crippen LogP contribution in [0.4, 0.5) is 5.82 Å². The maximum absolute atomic E-state index is 13.5. The average Bonchev–Trinajstić information content (AvgIpc) is 3.05. The number of anilines is 1. The molecule has 30 heavy (non-hydrogen) atoms. The van der Waals surface area contributed by atoms with Gasteiger partial charge in [-0.25, -0.2) is 19.9 Å². The molecule has 1 aliphatic heterocycles. The Hall–Kier alpha value is -3.55. The highest BCUT2D eigenvalue weighted by Gasteiger charge is 2.45. The van der Waals surface area contributed by atoms with E-state index in [4.69, 9.17) is 9.47 Å². The van der Waals surface area contributed by atoms with E-state index in [1.165, 1.54) is 0 Å². The summed E-state index contributed by atoms with van der Waals surface area (Å²) < 4.78 is 10.9. The van der Waals surface area contributed by atoms with Gasteiger partial charge in [0.1, 0.15) is 5.82 Å². The largest absolute Gasteiger partial charge is 0.493 e. The second kappa shape index (κ2) is 7.37. The van der Waals surface area contributed by atoms with Crippen molar-refractivity contribution in [2.75, 3.05) is 19.1 Å². The number of methoxy groups -OCH3 is 2. The summed E-state index contributed by atoms with van der Waals surface area (Å²) in [5.74, 6) is 2.20. The Balaban J connectivity index is 1.86. The quantitative estimate of drug-likeness (QED) is 0.654. The van der Waals surface area contributed by atoms with E-state index in [1.54, 1.807) is 55.9 Å². The van der Waals surface area contributed by atoms with Crippen LogP contribution in [0.25, 0.3) is 11.6 Å². The van der Waals surface area contributed by atoms with Crippen molar-refractivity contribution < 1.29 is 14.3 Å². The van der Waals surface area contributed by atoms with Crippen LogP contribution in [0.2, 0.25) is 0 Å². The van der Waals surface area contributed by atoms with E-state index >= 15 is 0 Å². The fourth-order valence-electron chi connectivity index (χ4n) is 3.79. The summed E-state index contributed by atoms with van der Waals surface area (Å²) >= 11 is 0. The van der Waals surface area contributed by atoms with Crippen molar-refractivity contribution in [2.45, 2.75) is 26.8 Å². The zero-order chi connectivity index (χ0) is 21.5. The highest BCUT2D eigenvalue weighted by atomic mass is 16.5. The molecule has 0 N–H and O–H groups in total. The van der Waals surface area contributed by atoms with Crippen molar-refractivity contribution in [3.63, 3.8) is 0 Å². The number of amides is 1. The minimum absolute atomic E-state index is 0.149. The predicted molar refractivity (Wildman–Crippen MR) is 112 cm³/mol. The lowest BCUT2D eigenvalue weighted by Gasteiger charge is -2.35. The van der Waals surface area contributed by atoms with E-state index in [2.05, 4.69) is 40.7 Å². The van der Waals surface area contributed by atoms with Crippen LogP contribution in [-0.2, 0) is 0 Å². The first kappa shape index (κ1) is 19.8. The Kier molecular flexibility index (Phi) is 4.85. The van der Waals surface area contributed by atoms with Gasteiger partial charge in [-0.05, 0) is 35.2 Å². The second-order valence-electron chi connectivity index (χ2n) is 8.05. The maximum Gasteiger partial charge on any atom is 0.260 e. The molecule has 0 bridgehead atoms. The van der Waals surface area contributed by atoms with Crippen molar-refractivity contribution >= 4 is 11.7 Å². The van der Waals surface area contributed by atoms with Gasteiger partial charge >= 0.3 is 0 Å². The van der Waals surface area contributed by atoms with Gasteiger partial charge in [0.05, 0.1) is 20.3 Å². The molecule has 0 radical (unpaired) electrons. The van der Waals surface area contributed by atoms with Crippen molar-refractivity contribution in [1.82, 2.24) is 19.9 Å². The maximum atomic E-state index is 13.5. The molecule has 4 rings (SSSR count). The lowest BCUT2D eigenvalue weighted by Crippen LogP contribution is -2.36. The molecule has 1 amide bonds. The van der Waals surface area contributed by atoms with E-state index < -0.39 is 0 Å². The molecule has 1 aliphatic rings. The van der Waals surface area contributed by atoms with Gasteiger partial charge in [0.25, 0.3) is 5.91 Å². The number of hydrogen-bond acceptors (Lipinski definition) is 7. The third-order valence-corrected chi connectivity index (χ3v) is 5.03. The lowest BCUT2D eigenvalue weighted by atomic mass is 9.82. The predicted octanol–water partition coefficient (Wildman–Crippen LogP) is 3.70. The number of aromatic nitrogens is 4. The molecule has 0 saturated carbocycles. The lowest BCUT2D eigenvalue weighted by molar-refractivity contribution is 0.0976. The molecule has 8 heteroatoms. The van der Waals surface area contributed by atoms with Gasteiger partial charge < -0.3 is 9.47 Å². The van der Waals surface area contributed by atoms with Crippen molar-refractivity contribution in [3.05, 3.63) is 54.0 Å². The summed E-state index contributed by atoms with van der Waals surface area (Å²) in [5.41, 5.74) is 1.18. The molecule has 0 fully saturated rings. The van der Waals surface area contributed by atoms with Gasteiger partial charge in [-0.3, -0.25) is 9.69 Å². The number of hydrogen-bond donors (Lipinski definition) is 0. The molecule has 0 saturated heterocycles. The zero-order valence-electron chi connectivity index (χ0n) is 17.6. The molecular formula is C22H23N5O3. The van der Waals surface area contributed by atoms with Gasteiger partial charge in [-0.15, -0.1) is 0 Å². The Labute approximate surface area is 174 Å². The Bertz CT molecular complexity index is 1100. The Morgan fingerprint density at radius 3 is 2.20 bits per heavy atom. The number of carbonyl (C=O) groups excluding carboxylic acids is 1. The van der Waals surface area contributed by atoms with Crippen LogP contribution in [0.5, 0.6) is 11.5 Å². The van der Waals surface area contributed by atoms with E-state index in [9.17, 15) is 4.79 Å². The van der Waals surface area contributed by atoms with Crippen molar-refractivity contribution in [2.24, 2.45) is 5.41 Å². The van der Waals surface area contributed by atoms with Gasteiger partial charge in [-0.2, -0.15) is 0 Å². The fourth-order valence-corrected chi connectivity index (χ4v) is 3.79. The molecule has 3 heterocycles. The number of ether oxygens (including phenoxy) is 2. The van der Waals surface area contributed by atoms with Gasteiger partial charge in [0, 0.05) is 24.2 Å². The third kappa shape index (κ3) is 3.24. The second-order valence-corrected chi connectivity index (χ2v) is 8.05. The van der Waals surface area contributed by atoms with Crippen molar-refractivity contribution in [3.8, 4) is 23.1 Å². The molecule has 1 atom stereocenters. The number of nitrogens with zero attached hydrogens (tertiary/aromatic N) is 5. The number of rotatable bonds is 4. The topological polar surface area (TPSA) is 90.3 Å². The smallest absolute Gasteiger partial charge is 0.260 e. The standard InChI is InChI=1S/C22H23N5O3/c1-22(2,3)18-13-11-15(29-4)16(30-5)12-14(13)21(28)27(18)17-7-10-25-20(26-17)19-23-8-6-9-24-19/h6-12,18H,1-5H3. The summed E-state index contributed by atoms with van der Waals surface area (Å²) in [6.07, 6.45) is 4.88. The molecule has 0 spiro atoms. The number of benzene rings is 1. The van der Waals surface area contributed by atoms with E-state index in [1.807, 2.05) is 6.07 Å². The third-order valence-electron chi connectivity index (χ3n) is 5.03. The molecular weight excluding hydrogens is 382 g/mol. The minimum Gasteiger partial charge on any atom is -0.493 e. The summed E-state index contributed by atoms with van der Waals surface area (Å²) in [6.45, 7) is 6.27. The highest BCUT2D eigenvalue weighted by molar-refractivity contribution is 6.11. The Morgan fingerprint density at radius 1 is 0.933 bits per heavy atom. The molecule has 1 unspecified atom stereocenters. The average molecular weight is 405 g/mol. The van der Waals surface area contributed by atoms with Crippen LogP contribution in [0.1, 0.15) is 42.7 Å². The molecule has 1 aromatic carbocycles. The van der Waals surface area contributed by atoms with Crippen LogP contribution in [0.15, 0.2) is 42.9 Å². The molecule has 8 nitrogen and oxygen atoms in total. The number of fused-ring (bicyclic) bond motifs is 1. The monoisotopic (exact) mass is 405 g/mol. The fraction of sp³-hybridized carbons (Fsp3) is 0.318. The molecule has 2 aromatic heterocycles. The van der Waals surface area contributed by atoms with E-state index in [-0.39, 0.29) is 17.4 Å². The first-order chi connectivity index (χ1) is 14.3. The summed E-state index contributed by atoms with van der Waals surface area (Å²) in [5, 5.41) is 0. The summed E-state index contributed by atoms with van der Waals surface area (Å²) in [7, 11) is 3.14.